The highest BCUT2D eigenvalue weighted by atomic mass is 32.2. The van der Waals surface area contributed by atoms with Crippen molar-refractivity contribution in [1.29, 1.82) is 0 Å². The molecule has 2 aliphatic heterocycles. The second-order valence-electron chi connectivity index (χ2n) is 5.24. The number of fused-ring (bicyclic) bond motifs is 2. The van der Waals surface area contributed by atoms with Gasteiger partial charge in [0.25, 0.3) is 0 Å². The Hall–Kier alpha value is -1.51. The standard InChI is InChI=1S/C18H16NS/c1-3-7-16-14(5-1)18(13-9-11-19-12-10-13)15-6-2-4-8-17(15)20-16/h1-8H,9-12H2. The molecule has 0 saturated carbocycles. The molecule has 20 heavy (non-hydrogen) atoms. The Morgan fingerprint density at radius 2 is 1.30 bits per heavy atom. The minimum Gasteiger partial charge on any atom is -0.241 e. The lowest BCUT2D eigenvalue weighted by atomic mass is 9.88. The molecule has 2 aromatic rings. The summed E-state index contributed by atoms with van der Waals surface area (Å²) >= 11 is 1.89. The third-order valence-electron chi connectivity index (χ3n) is 4.03. The van der Waals surface area contributed by atoms with Crippen molar-refractivity contribution >= 4 is 17.3 Å². The summed E-state index contributed by atoms with van der Waals surface area (Å²) in [6.45, 7) is 1.96. The van der Waals surface area contributed by atoms with Crippen LogP contribution in [0, 0.1) is 0 Å². The van der Waals surface area contributed by atoms with Gasteiger partial charge in [-0.2, -0.15) is 0 Å². The Kier molecular flexibility index (Phi) is 3.13. The molecule has 0 bridgehead atoms. The van der Waals surface area contributed by atoms with E-state index in [4.69, 9.17) is 0 Å². The molecule has 0 unspecified atom stereocenters. The van der Waals surface area contributed by atoms with Crippen LogP contribution in [0.4, 0.5) is 0 Å². The minimum absolute atomic E-state index is 0.982. The van der Waals surface area contributed by atoms with Crippen LogP contribution in [0.5, 0.6) is 0 Å². The molecule has 2 heterocycles. The first-order valence-electron chi connectivity index (χ1n) is 7.15. The average Bonchev–Trinajstić information content (AvgIpc) is 2.53. The molecule has 0 spiro atoms. The summed E-state index contributed by atoms with van der Waals surface area (Å²) in [5, 5.41) is 4.49. The van der Waals surface area contributed by atoms with E-state index in [9.17, 15) is 0 Å². The van der Waals surface area contributed by atoms with Gasteiger partial charge in [-0.05, 0) is 41.7 Å². The highest BCUT2D eigenvalue weighted by molar-refractivity contribution is 7.99. The quantitative estimate of drug-likeness (QED) is 0.596. The largest absolute Gasteiger partial charge is 0.241 e. The molecule has 0 atom stereocenters. The lowest BCUT2D eigenvalue weighted by Gasteiger charge is -2.26. The summed E-state index contributed by atoms with van der Waals surface area (Å²) < 4.78 is 0. The fourth-order valence-corrected chi connectivity index (χ4v) is 4.17. The Balaban J connectivity index is 1.97. The zero-order valence-electron chi connectivity index (χ0n) is 11.3. The van der Waals surface area contributed by atoms with E-state index in [0.29, 0.717) is 0 Å². The molecule has 1 saturated heterocycles. The van der Waals surface area contributed by atoms with Crippen LogP contribution in [0.1, 0.15) is 24.0 Å². The molecular formula is C18H16NS. The van der Waals surface area contributed by atoms with Crippen LogP contribution in [0.15, 0.2) is 63.9 Å². The van der Waals surface area contributed by atoms with Crippen LogP contribution < -0.4 is 5.32 Å². The van der Waals surface area contributed by atoms with Crippen LogP contribution in [-0.2, 0) is 0 Å². The number of piperidine rings is 1. The van der Waals surface area contributed by atoms with Crippen LogP contribution in [0.3, 0.4) is 0 Å². The number of nitrogens with zero attached hydrogens (tertiary/aromatic N) is 1. The summed E-state index contributed by atoms with van der Waals surface area (Å²) in [6.07, 6.45) is 2.23. The van der Waals surface area contributed by atoms with Crippen molar-refractivity contribution in [2.75, 3.05) is 13.1 Å². The molecule has 0 aliphatic carbocycles. The van der Waals surface area contributed by atoms with Crippen molar-refractivity contribution in [2.45, 2.75) is 22.6 Å². The van der Waals surface area contributed by atoms with Crippen molar-refractivity contribution in [3.63, 3.8) is 0 Å². The maximum absolute atomic E-state index is 4.49. The van der Waals surface area contributed by atoms with Gasteiger partial charge in [-0.25, -0.2) is 5.32 Å². The van der Waals surface area contributed by atoms with Gasteiger partial charge in [0.1, 0.15) is 0 Å². The lowest BCUT2D eigenvalue weighted by molar-refractivity contribution is 0.599. The van der Waals surface area contributed by atoms with Gasteiger partial charge in [0.2, 0.25) is 0 Å². The van der Waals surface area contributed by atoms with Crippen molar-refractivity contribution in [3.05, 3.63) is 65.2 Å². The predicted octanol–water partition coefficient (Wildman–Crippen LogP) is 4.35. The van der Waals surface area contributed by atoms with E-state index in [1.54, 1.807) is 5.57 Å². The van der Waals surface area contributed by atoms with E-state index < -0.39 is 0 Å². The van der Waals surface area contributed by atoms with Crippen molar-refractivity contribution in [1.82, 2.24) is 5.32 Å². The van der Waals surface area contributed by atoms with Crippen LogP contribution in [0.25, 0.3) is 5.57 Å². The summed E-state index contributed by atoms with van der Waals surface area (Å²) in [7, 11) is 0. The first-order chi connectivity index (χ1) is 9.93. The average molecular weight is 278 g/mol. The number of hydrogen-bond acceptors (Lipinski definition) is 1. The Bertz CT molecular complexity index is 632. The van der Waals surface area contributed by atoms with Crippen LogP contribution in [-0.4, -0.2) is 13.1 Å². The monoisotopic (exact) mass is 278 g/mol. The summed E-state index contributed by atoms with van der Waals surface area (Å²) in [6, 6.07) is 17.6. The highest BCUT2D eigenvalue weighted by Gasteiger charge is 2.23. The smallest absolute Gasteiger partial charge is 0.0201 e. The molecule has 1 fully saturated rings. The minimum atomic E-state index is 0.982. The normalized spacial score (nSPS) is 17.6. The molecule has 0 N–H and O–H groups in total. The molecule has 99 valence electrons. The van der Waals surface area contributed by atoms with Crippen LogP contribution >= 0.6 is 11.8 Å². The van der Waals surface area contributed by atoms with Gasteiger partial charge in [0, 0.05) is 22.9 Å². The van der Waals surface area contributed by atoms with Crippen molar-refractivity contribution in [3.8, 4) is 0 Å². The third-order valence-corrected chi connectivity index (χ3v) is 5.18. The second-order valence-corrected chi connectivity index (χ2v) is 6.33. The molecule has 0 aromatic heterocycles. The summed E-state index contributed by atoms with van der Waals surface area (Å²) in [5.74, 6) is 0. The van der Waals surface area contributed by atoms with Gasteiger partial charge in [-0.3, -0.25) is 0 Å². The molecule has 4 rings (SSSR count). The number of hydrogen-bond donors (Lipinski definition) is 0. The molecule has 2 aromatic carbocycles. The number of rotatable bonds is 0. The van der Waals surface area contributed by atoms with E-state index in [1.165, 1.54) is 26.5 Å². The Morgan fingerprint density at radius 3 is 1.90 bits per heavy atom. The first kappa shape index (κ1) is 12.2. The second kappa shape index (κ2) is 5.12. The highest BCUT2D eigenvalue weighted by Crippen LogP contribution is 2.47. The van der Waals surface area contributed by atoms with Crippen molar-refractivity contribution in [2.24, 2.45) is 0 Å². The van der Waals surface area contributed by atoms with Gasteiger partial charge < -0.3 is 0 Å². The predicted molar refractivity (Wildman–Crippen MR) is 84.1 cm³/mol. The van der Waals surface area contributed by atoms with E-state index in [1.807, 2.05) is 11.8 Å². The Morgan fingerprint density at radius 1 is 0.750 bits per heavy atom. The Labute approximate surface area is 124 Å². The fourth-order valence-electron chi connectivity index (χ4n) is 3.08. The van der Waals surface area contributed by atoms with E-state index >= 15 is 0 Å². The summed E-state index contributed by atoms with van der Waals surface area (Å²) in [4.78, 5) is 2.77. The topological polar surface area (TPSA) is 14.1 Å². The molecule has 2 heteroatoms. The third kappa shape index (κ3) is 2.00. The number of benzene rings is 2. The fraction of sp³-hybridized carbons (Fsp3) is 0.222. The van der Waals surface area contributed by atoms with Gasteiger partial charge in [0.05, 0.1) is 0 Å². The lowest BCUT2D eigenvalue weighted by Crippen LogP contribution is -2.18. The zero-order chi connectivity index (χ0) is 13.4. The van der Waals surface area contributed by atoms with E-state index in [2.05, 4.69) is 53.8 Å². The first-order valence-corrected chi connectivity index (χ1v) is 7.97. The molecule has 1 radical (unpaired) electrons. The maximum atomic E-state index is 4.49. The van der Waals surface area contributed by atoms with Crippen LogP contribution in [0.2, 0.25) is 0 Å². The van der Waals surface area contributed by atoms with Gasteiger partial charge >= 0.3 is 0 Å². The maximum Gasteiger partial charge on any atom is 0.0201 e. The molecular weight excluding hydrogens is 262 g/mol. The molecule has 1 nitrogen and oxygen atoms in total. The molecule has 0 amide bonds. The van der Waals surface area contributed by atoms with Gasteiger partial charge in [-0.15, -0.1) is 0 Å². The van der Waals surface area contributed by atoms with Gasteiger partial charge in [0.15, 0.2) is 0 Å². The van der Waals surface area contributed by atoms with Gasteiger partial charge in [-0.1, -0.05) is 53.7 Å². The zero-order valence-corrected chi connectivity index (χ0v) is 12.1. The van der Waals surface area contributed by atoms with E-state index in [0.717, 1.165) is 25.9 Å². The van der Waals surface area contributed by atoms with E-state index in [-0.39, 0.29) is 0 Å². The molecule has 2 aliphatic rings. The van der Waals surface area contributed by atoms with Crippen molar-refractivity contribution < 1.29 is 0 Å². The summed E-state index contributed by atoms with van der Waals surface area (Å²) in [5.41, 5.74) is 5.88. The SMILES string of the molecule is c1ccc2c(c1)Sc1ccccc1C2=C1CC[N]CC1.